The van der Waals surface area contributed by atoms with Gasteiger partial charge in [-0.3, -0.25) is 4.79 Å². The molecule has 1 amide bonds. The number of thiophene rings is 1. The van der Waals surface area contributed by atoms with Gasteiger partial charge in [-0.15, -0.1) is 11.3 Å². The molecule has 0 spiro atoms. The third-order valence-electron chi connectivity index (χ3n) is 1.59. The Morgan fingerprint density at radius 2 is 2.47 bits per heavy atom. The molecule has 1 rings (SSSR count). The first kappa shape index (κ1) is 11.7. The first-order chi connectivity index (χ1) is 7.13. The van der Waals surface area contributed by atoms with Crippen molar-refractivity contribution < 1.29 is 9.53 Å². The van der Waals surface area contributed by atoms with Crippen LogP contribution in [0.15, 0.2) is 11.4 Å². The smallest absolute Gasteiger partial charge is 0.251 e. The van der Waals surface area contributed by atoms with E-state index < -0.39 is 0 Å². The highest BCUT2D eigenvalue weighted by Gasteiger charge is 2.08. The Morgan fingerprint density at radius 1 is 1.73 bits per heavy atom. The maximum atomic E-state index is 11.3. The van der Waals surface area contributed by atoms with Gasteiger partial charge in [-0.2, -0.15) is 5.26 Å². The zero-order valence-corrected chi connectivity index (χ0v) is 9.43. The fourth-order valence-electron chi connectivity index (χ4n) is 0.899. The van der Waals surface area contributed by atoms with E-state index in [1.165, 1.54) is 11.3 Å². The van der Waals surface area contributed by atoms with Crippen molar-refractivity contribution in [1.82, 2.24) is 0 Å². The Hall–Kier alpha value is -1.38. The number of nitriles is 1. The second kappa shape index (κ2) is 5.49. The van der Waals surface area contributed by atoms with Gasteiger partial charge in [0, 0.05) is 0 Å². The first-order valence-electron chi connectivity index (χ1n) is 4.52. The molecule has 1 heterocycles. The summed E-state index contributed by atoms with van der Waals surface area (Å²) >= 11 is 1.33. The number of hydrogen-bond donors (Lipinski definition) is 1. The van der Waals surface area contributed by atoms with Crippen LogP contribution in [0.1, 0.15) is 19.4 Å². The second-order valence-electron chi connectivity index (χ2n) is 3.18. The summed E-state index contributed by atoms with van der Waals surface area (Å²) in [5.74, 6) is -0.234. The van der Waals surface area contributed by atoms with Crippen molar-refractivity contribution in [3.63, 3.8) is 0 Å². The average Bonchev–Trinajstić information content (AvgIpc) is 2.62. The molecule has 0 atom stereocenters. The van der Waals surface area contributed by atoms with Crippen molar-refractivity contribution in [2.24, 2.45) is 0 Å². The van der Waals surface area contributed by atoms with Gasteiger partial charge in [-0.25, -0.2) is 0 Å². The fraction of sp³-hybridized carbons (Fsp3) is 0.400. The van der Waals surface area contributed by atoms with Crippen LogP contribution in [-0.2, 0) is 9.53 Å². The molecule has 1 N–H and O–H groups in total. The van der Waals surface area contributed by atoms with Crippen molar-refractivity contribution in [1.29, 1.82) is 5.26 Å². The summed E-state index contributed by atoms with van der Waals surface area (Å²) < 4.78 is 5.14. The number of amides is 1. The van der Waals surface area contributed by atoms with E-state index in [1.807, 2.05) is 19.9 Å². The van der Waals surface area contributed by atoms with Gasteiger partial charge < -0.3 is 10.1 Å². The van der Waals surface area contributed by atoms with Crippen LogP contribution in [0.5, 0.6) is 0 Å². The zero-order chi connectivity index (χ0) is 11.3. The van der Waals surface area contributed by atoms with E-state index in [9.17, 15) is 4.79 Å². The highest BCUT2D eigenvalue weighted by atomic mass is 32.1. The number of rotatable bonds is 4. The van der Waals surface area contributed by atoms with Crippen molar-refractivity contribution in [3.05, 3.63) is 17.0 Å². The minimum Gasteiger partial charge on any atom is -0.369 e. The third kappa shape index (κ3) is 3.70. The van der Waals surface area contributed by atoms with Crippen molar-refractivity contribution in [3.8, 4) is 6.07 Å². The lowest BCUT2D eigenvalue weighted by Gasteiger charge is -2.07. The predicted octanol–water partition coefficient (Wildman–Crippen LogP) is 1.98. The molecule has 0 saturated carbocycles. The van der Waals surface area contributed by atoms with E-state index in [1.54, 1.807) is 11.4 Å². The van der Waals surface area contributed by atoms with Crippen LogP contribution < -0.4 is 5.32 Å². The molecule has 5 heteroatoms. The third-order valence-corrected chi connectivity index (χ3v) is 2.42. The van der Waals surface area contributed by atoms with Crippen LogP contribution in [-0.4, -0.2) is 18.6 Å². The highest BCUT2D eigenvalue weighted by Crippen LogP contribution is 2.21. The summed E-state index contributed by atoms with van der Waals surface area (Å²) in [7, 11) is 0. The molecule has 0 radical (unpaired) electrons. The average molecular weight is 224 g/mol. The largest absolute Gasteiger partial charge is 0.369 e. The van der Waals surface area contributed by atoms with E-state index in [2.05, 4.69) is 5.32 Å². The van der Waals surface area contributed by atoms with Crippen LogP contribution >= 0.6 is 11.3 Å². The van der Waals surface area contributed by atoms with E-state index >= 15 is 0 Å². The molecular formula is C10H12N2O2S. The summed E-state index contributed by atoms with van der Waals surface area (Å²) in [6.45, 7) is 3.73. The normalized spacial score (nSPS) is 10.0. The van der Waals surface area contributed by atoms with Crippen molar-refractivity contribution in [2.75, 3.05) is 11.9 Å². The molecule has 80 valence electrons. The quantitative estimate of drug-likeness (QED) is 0.850. The molecule has 1 aromatic heterocycles. The van der Waals surface area contributed by atoms with Crippen molar-refractivity contribution >= 4 is 22.2 Å². The molecule has 0 bridgehead atoms. The highest BCUT2D eigenvalue weighted by molar-refractivity contribution is 7.14. The fourth-order valence-corrected chi connectivity index (χ4v) is 1.65. The van der Waals surface area contributed by atoms with Gasteiger partial charge in [0.2, 0.25) is 0 Å². The standard InChI is InChI=1S/C10H12N2O2S/c1-7(2)14-6-9(13)12-10-8(5-11)3-4-15-10/h3-4,7H,6H2,1-2H3,(H,12,13). The van der Waals surface area contributed by atoms with Crippen molar-refractivity contribution in [2.45, 2.75) is 20.0 Å². The minimum absolute atomic E-state index is 0.0143. The number of nitrogens with one attached hydrogen (secondary N) is 1. The number of anilines is 1. The van der Waals surface area contributed by atoms with E-state index in [4.69, 9.17) is 10.00 Å². The monoisotopic (exact) mass is 224 g/mol. The van der Waals surface area contributed by atoms with Gasteiger partial charge in [0.25, 0.3) is 5.91 Å². The van der Waals surface area contributed by atoms with Crippen LogP contribution in [0.4, 0.5) is 5.00 Å². The topological polar surface area (TPSA) is 62.1 Å². The van der Waals surface area contributed by atoms with Crippen LogP contribution in [0, 0.1) is 11.3 Å². The number of hydrogen-bond acceptors (Lipinski definition) is 4. The maximum absolute atomic E-state index is 11.3. The Labute approximate surface area is 92.5 Å². The summed E-state index contributed by atoms with van der Waals surface area (Å²) in [5, 5.41) is 13.7. The molecule has 15 heavy (non-hydrogen) atoms. The number of carbonyl (C=O) groups is 1. The molecule has 0 saturated heterocycles. The summed E-state index contributed by atoms with van der Waals surface area (Å²) in [6.07, 6.45) is 0.0227. The first-order valence-corrected chi connectivity index (χ1v) is 5.40. The summed E-state index contributed by atoms with van der Waals surface area (Å²) in [4.78, 5) is 11.3. The molecule has 4 nitrogen and oxygen atoms in total. The molecule has 0 unspecified atom stereocenters. The van der Waals surface area contributed by atoms with Crippen LogP contribution in [0.25, 0.3) is 0 Å². The lowest BCUT2D eigenvalue weighted by atomic mass is 10.3. The molecular weight excluding hydrogens is 212 g/mol. The SMILES string of the molecule is CC(C)OCC(=O)Nc1sccc1C#N. The summed E-state index contributed by atoms with van der Waals surface area (Å²) in [6, 6.07) is 3.67. The summed E-state index contributed by atoms with van der Waals surface area (Å²) in [5.41, 5.74) is 0.484. The van der Waals surface area contributed by atoms with Gasteiger partial charge in [0.1, 0.15) is 17.7 Å². The Balaban J connectivity index is 2.49. The Bertz CT molecular complexity index is 379. The number of nitrogens with zero attached hydrogens (tertiary/aromatic N) is 1. The van der Waals surface area contributed by atoms with Gasteiger partial charge >= 0.3 is 0 Å². The number of carbonyl (C=O) groups excluding carboxylic acids is 1. The second-order valence-corrected chi connectivity index (χ2v) is 4.10. The molecule has 0 fully saturated rings. The minimum atomic E-state index is -0.234. The van der Waals surface area contributed by atoms with Gasteiger partial charge in [0.05, 0.1) is 11.7 Å². The Morgan fingerprint density at radius 3 is 3.07 bits per heavy atom. The van der Waals surface area contributed by atoms with Crippen LogP contribution in [0.2, 0.25) is 0 Å². The lowest BCUT2D eigenvalue weighted by Crippen LogP contribution is -2.20. The lowest BCUT2D eigenvalue weighted by molar-refractivity contribution is -0.121. The molecule has 0 aliphatic heterocycles. The van der Waals surface area contributed by atoms with E-state index in [0.29, 0.717) is 10.6 Å². The number of ether oxygens (including phenoxy) is 1. The van der Waals surface area contributed by atoms with Gasteiger partial charge in [-0.1, -0.05) is 0 Å². The predicted molar refractivity (Wildman–Crippen MR) is 58.8 cm³/mol. The van der Waals surface area contributed by atoms with Gasteiger partial charge in [-0.05, 0) is 25.3 Å². The molecule has 0 aliphatic carbocycles. The van der Waals surface area contributed by atoms with Crippen LogP contribution in [0.3, 0.4) is 0 Å². The molecule has 0 aromatic carbocycles. The zero-order valence-electron chi connectivity index (χ0n) is 8.61. The molecule has 1 aromatic rings. The van der Waals surface area contributed by atoms with E-state index in [-0.39, 0.29) is 18.6 Å². The van der Waals surface area contributed by atoms with E-state index in [0.717, 1.165) is 0 Å². The Kier molecular flexibility index (Phi) is 4.28. The maximum Gasteiger partial charge on any atom is 0.251 e. The molecule has 0 aliphatic rings. The van der Waals surface area contributed by atoms with Gasteiger partial charge in [0.15, 0.2) is 0 Å².